The lowest BCUT2D eigenvalue weighted by molar-refractivity contribution is 0.186. The second kappa shape index (κ2) is 10.7. The number of hydrogen-bond donors (Lipinski definition) is 3. The Morgan fingerprint density at radius 3 is 2.62 bits per heavy atom. The van der Waals surface area contributed by atoms with E-state index in [0.29, 0.717) is 36.8 Å². The molecule has 2 aromatic heterocycles. The van der Waals surface area contributed by atoms with E-state index in [2.05, 4.69) is 39.2 Å². The summed E-state index contributed by atoms with van der Waals surface area (Å²) in [5.74, 6) is 0.428. The fraction of sp³-hybridized carbons (Fsp3) is 0.407. The summed E-state index contributed by atoms with van der Waals surface area (Å²) in [5.41, 5.74) is 9.83. The summed E-state index contributed by atoms with van der Waals surface area (Å²) in [4.78, 5) is 27.8. The van der Waals surface area contributed by atoms with Crippen molar-refractivity contribution >= 4 is 40.3 Å². The highest BCUT2D eigenvalue weighted by molar-refractivity contribution is 5.87. The number of aromatic nitrogens is 3. The van der Waals surface area contributed by atoms with Gasteiger partial charge in [-0.1, -0.05) is 6.92 Å². The van der Waals surface area contributed by atoms with E-state index in [1.807, 2.05) is 19.1 Å². The first-order valence-corrected chi connectivity index (χ1v) is 12.8. The molecule has 3 aromatic rings. The molecular weight excluding hydrogens is 468 g/mol. The smallest absolute Gasteiger partial charge is 0.261 e. The molecule has 0 spiro atoms. The number of nitrogens with one attached hydrogen (secondary N) is 2. The van der Waals surface area contributed by atoms with Crippen LogP contribution >= 0.6 is 0 Å². The molecule has 0 saturated carbocycles. The third-order valence-electron chi connectivity index (χ3n) is 7.23. The predicted octanol–water partition coefficient (Wildman–Crippen LogP) is 2.90. The SMILES string of the molecule is CCN1CCN(c2ccc(Nc3nc(C)c4cc(/C(N)=C/C=N)c(=O)n([C@@H]5CCOC5)c4n3)cc2)CC1. The van der Waals surface area contributed by atoms with E-state index < -0.39 is 0 Å². The standard InChI is InChI=1S/C27H34N8O2/c1-3-33-11-13-34(14-12-33)20-6-4-19(5-7-20)31-27-30-18(2)22-16-23(24(29)8-10-28)26(36)35(25(22)32-27)21-9-15-37-17-21/h4-8,10,16,21,28H,3,9,11-15,17,29H2,1-2H3,(H,30,31,32)/b24-8-,28-10?/t21-/m1/s1. The summed E-state index contributed by atoms with van der Waals surface area (Å²) in [5, 5.41) is 11.4. The van der Waals surface area contributed by atoms with Gasteiger partial charge in [-0.25, -0.2) is 4.98 Å². The number of piperazine rings is 1. The molecule has 10 nitrogen and oxygen atoms in total. The number of anilines is 3. The molecule has 0 bridgehead atoms. The average Bonchev–Trinajstić information content (AvgIpc) is 3.43. The molecule has 4 N–H and O–H groups in total. The number of benzene rings is 1. The van der Waals surface area contributed by atoms with Crippen molar-refractivity contribution in [2.45, 2.75) is 26.3 Å². The van der Waals surface area contributed by atoms with Crippen molar-refractivity contribution in [1.82, 2.24) is 19.4 Å². The van der Waals surface area contributed by atoms with Crippen molar-refractivity contribution < 1.29 is 4.74 Å². The predicted molar refractivity (Wildman–Crippen MR) is 148 cm³/mol. The van der Waals surface area contributed by atoms with Gasteiger partial charge in [-0.05, 0) is 56.3 Å². The monoisotopic (exact) mass is 502 g/mol. The van der Waals surface area contributed by atoms with Crippen LogP contribution in [0, 0.1) is 12.3 Å². The van der Waals surface area contributed by atoms with E-state index in [-0.39, 0.29) is 17.3 Å². The molecule has 1 atom stereocenters. The summed E-state index contributed by atoms with van der Waals surface area (Å²) in [7, 11) is 0. The summed E-state index contributed by atoms with van der Waals surface area (Å²) in [6, 6.07) is 9.90. The van der Waals surface area contributed by atoms with Crippen LogP contribution in [0.1, 0.15) is 30.6 Å². The zero-order chi connectivity index (χ0) is 25.9. The average molecular weight is 503 g/mol. The van der Waals surface area contributed by atoms with Crippen LogP contribution in [0.4, 0.5) is 17.3 Å². The summed E-state index contributed by atoms with van der Waals surface area (Å²) in [6.07, 6.45) is 3.21. The second-order valence-electron chi connectivity index (χ2n) is 9.50. The number of ether oxygens (including phenoxy) is 1. The molecular formula is C27H34N8O2. The highest BCUT2D eigenvalue weighted by atomic mass is 16.5. The lowest BCUT2D eigenvalue weighted by atomic mass is 10.1. The van der Waals surface area contributed by atoms with Gasteiger partial charge in [0.15, 0.2) is 0 Å². The Morgan fingerprint density at radius 2 is 1.97 bits per heavy atom. The van der Waals surface area contributed by atoms with Gasteiger partial charge in [0, 0.05) is 61.5 Å². The van der Waals surface area contributed by atoms with Gasteiger partial charge < -0.3 is 31.0 Å². The third kappa shape index (κ3) is 5.07. The second-order valence-corrected chi connectivity index (χ2v) is 9.50. The highest BCUT2D eigenvalue weighted by Crippen LogP contribution is 2.27. The molecule has 2 fully saturated rings. The zero-order valence-electron chi connectivity index (χ0n) is 21.4. The van der Waals surface area contributed by atoms with E-state index >= 15 is 0 Å². The summed E-state index contributed by atoms with van der Waals surface area (Å²) in [6.45, 7) is 10.4. The molecule has 37 heavy (non-hydrogen) atoms. The van der Waals surface area contributed by atoms with Crippen molar-refractivity contribution in [3.8, 4) is 0 Å². The molecule has 0 unspecified atom stereocenters. The molecule has 5 rings (SSSR count). The van der Waals surface area contributed by atoms with E-state index in [1.54, 1.807) is 10.6 Å². The Balaban J connectivity index is 1.47. The third-order valence-corrected chi connectivity index (χ3v) is 7.23. The number of hydrogen-bond acceptors (Lipinski definition) is 9. The first-order chi connectivity index (χ1) is 18.0. The van der Waals surface area contributed by atoms with E-state index in [0.717, 1.165) is 55.7 Å². The van der Waals surface area contributed by atoms with Crippen molar-refractivity contribution in [3.05, 3.63) is 58.0 Å². The van der Waals surface area contributed by atoms with Crippen LogP contribution in [0.3, 0.4) is 0 Å². The quantitative estimate of drug-likeness (QED) is 0.421. The minimum Gasteiger partial charge on any atom is -0.398 e. The molecule has 10 heteroatoms. The Kier molecular flexibility index (Phi) is 7.20. The van der Waals surface area contributed by atoms with E-state index in [4.69, 9.17) is 20.9 Å². The van der Waals surface area contributed by atoms with Gasteiger partial charge in [0.2, 0.25) is 5.95 Å². The van der Waals surface area contributed by atoms with Crippen LogP contribution in [0.5, 0.6) is 0 Å². The van der Waals surface area contributed by atoms with Crippen LogP contribution in [-0.2, 0) is 4.74 Å². The molecule has 1 aromatic carbocycles. The molecule has 2 aliphatic heterocycles. The van der Waals surface area contributed by atoms with Gasteiger partial charge in [0.25, 0.3) is 5.56 Å². The van der Waals surface area contributed by atoms with Crippen LogP contribution in [-0.4, -0.2) is 71.6 Å². The molecule has 194 valence electrons. The molecule has 0 amide bonds. The number of aryl methyl sites for hydroxylation is 1. The number of pyridine rings is 1. The first kappa shape index (κ1) is 24.9. The number of rotatable bonds is 7. The lowest BCUT2D eigenvalue weighted by Crippen LogP contribution is -2.46. The summed E-state index contributed by atoms with van der Waals surface area (Å²) >= 11 is 0. The maximum absolute atomic E-state index is 13.5. The van der Waals surface area contributed by atoms with Crippen molar-refractivity contribution in [2.24, 2.45) is 5.73 Å². The zero-order valence-corrected chi connectivity index (χ0v) is 21.4. The van der Waals surface area contributed by atoms with Crippen LogP contribution in [0.15, 0.2) is 41.2 Å². The van der Waals surface area contributed by atoms with Crippen molar-refractivity contribution in [2.75, 3.05) is 56.2 Å². The van der Waals surface area contributed by atoms with Crippen LogP contribution in [0.25, 0.3) is 16.7 Å². The lowest BCUT2D eigenvalue weighted by Gasteiger charge is -2.35. The number of fused-ring (bicyclic) bond motifs is 1. The number of likely N-dealkylation sites (N-methyl/N-ethyl adjacent to an activating group) is 1. The first-order valence-electron chi connectivity index (χ1n) is 12.8. The van der Waals surface area contributed by atoms with Gasteiger partial charge in [-0.15, -0.1) is 0 Å². The Hall–Kier alpha value is -3.76. The molecule has 0 radical (unpaired) electrons. The molecule has 2 saturated heterocycles. The Labute approximate surface area is 216 Å². The maximum atomic E-state index is 13.5. The number of allylic oxidation sites excluding steroid dienone is 1. The van der Waals surface area contributed by atoms with Gasteiger partial charge in [-0.3, -0.25) is 9.36 Å². The molecule has 0 aliphatic carbocycles. The number of nitrogens with two attached hydrogens (primary N) is 1. The maximum Gasteiger partial charge on any atom is 0.261 e. The largest absolute Gasteiger partial charge is 0.398 e. The Morgan fingerprint density at radius 1 is 1.22 bits per heavy atom. The van der Waals surface area contributed by atoms with Crippen LogP contribution < -0.4 is 21.5 Å². The van der Waals surface area contributed by atoms with Crippen LogP contribution in [0.2, 0.25) is 0 Å². The fourth-order valence-electron chi connectivity index (χ4n) is 5.06. The Bertz CT molecular complexity index is 1370. The van der Waals surface area contributed by atoms with Crippen molar-refractivity contribution in [1.29, 1.82) is 5.41 Å². The minimum absolute atomic E-state index is 0.141. The van der Waals surface area contributed by atoms with Gasteiger partial charge in [0.05, 0.1) is 23.9 Å². The molecule has 2 aliphatic rings. The van der Waals surface area contributed by atoms with Gasteiger partial charge in [0.1, 0.15) is 5.65 Å². The normalized spacial score (nSPS) is 18.9. The fourth-order valence-corrected chi connectivity index (χ4v) is 5.06. The minimum atomic E-state index is -0.241. The highest BCUT2D eigenvalue weighted by Gasteiger charge is 2.25. The van der Waals surface area contributed by atoms with Gasteiger partial charge >= 0.3 is 0 Å². The molecule has 4 heterocycles. The number of nitrogens with zero attached hydrogens (tertiary/aromatic N) is 5. The van der Waals surface area contributed by atoms with E-state index in [1.165, 1.54) is 11.8 Å². The van der Waals surface area contributed by atoms with Gasteiger partial charge in [-0.2, -0.15) is 4.98 Å². The topological polar surface area (TPSA) is 125 Å². The van der Waals surface area contributed by atoms with Crippen molar-refractivity contribution in [3.63, 3.8) is 0 Å². The summed E-state index contributed by atoms with van der Waals surface area (Å²) < 4.78 is 7.27. The van der Waals surface area contributed by atoms with E-state index in [9.17, 15) is 4.79 Å².